The molecule has 3 heterocycles. The molecule has 0 saturated heterocycles. The molecule has 0 bridgehead atoms. The largest absolute Gasteiger partial charge is 0.255 e. The van der Waals surface area contributed by atoms with Crippen LogP contribution in [0, 0.1) is 5.92 Å². The van der Waals surface area contributed by atoms with Crippen LogP contribution in [0.15, 0.2) is 42.6 Å². The number of aryl methyl sites for hydroxylation is 2. The fourth-order valence-electron chi connectivity index (χ4n) is 5.01. The number of benzene rings is 1. The third-order valence-electron chi connectivity index (χ3n) is 7.00. The number of nitrogens with zero attached hydrogens (tertiary/aromatic N) is 7. The van der Waals surface area contributed by atoms with Gasteiger partial charge in [-0.25, -0.2) is 9.67 Å². The Bertz CT molecular complexity index is 1190. The van der Waals surface area contributed by atoms with Crippen molar-refractivity contribution in [2.24, 2.45) is 5.92 Å². The van der Waals surface area contributed by atoms with E-state index in [0.717, 1.165) is 66.6 Å². The molecule has 0 unspecified atom stereocenters. The van der Waals surface area contributed by atoms with Crippen molar-refractivity contribution >= 4 is 0 Å². The van der Waals surface area contributed by atoms with Crippen molar-refractivity contribution in [3.8, 4) is 22.6 Å². The molecule has 4 aromatic rings. The molecule has 1 aliphatic carbocycles. The molecular formula is C27H34N8. The molecule has 8 heteroatoms. The zero-order chi connectivity index (χ0) is 23.9. The number of rotatable bonds is 10. The lowest BCUT2D eigenvalue weighted by Crippen LogP contribution is -2.08. The number of tetrazole rings is 1. The van der Waals surface area contributed by atoms with Crippen LogP contribution in [0.3, 0.4) is 0 Å². The van der Waals surface area contributed by atoms with E-state index in [2.05, 4.69) is 61.5 Å². The third kappa shape index (κ3) is 5.81. The highest BCUT2D eigenvalue weighted by Gasteiger charge is 2.17. The van der Waals surface area contributed by atoms with Crippen LogP contribution in [0.4, 0.5) is 0 Å². The van der Waals surface area contributed by atoms with E-state index in [1.165, 1.54) is 44.1 Å². The van der Waals surface area contributed by atoms with Gasteiger partial charge in [0, 0.05) is 36.7 Å². The Hall–Kier alpha value is -3.42. The van der Waals surface area contributed by atoms with Gasteiger partial charge < -0.3 is 0 Å². The van der Waals surface area contributed by atoms with Crippen LogP contribution in [-0.2, 0) is 19.4 Å². The predicted octanol–water partition coefficient (Wildman–Crippen LogP) is 5.42. The van der Waals surface area contributed by atoms with Crippen LogP contribution in [0.5, 0.6) is 0 Å². The van der Waals surface area contributed by atoms with E-state index in [1.807, 2.05) is 12.1 Å². The van der Waals surface area contributed by atoms with Gasteiger partial charge in [0.25, 0.3) is 0 Å². The first kappa shape index (κ1) is 23.3. The van der Waals surface area contributed by atoms with E-state index < -0.39 is 0 Å². The van der Waals surface area contributed by atoms with Gasteiger partial charge in [-0.1, -0.05) is 69.7 Å². The standard InChI is InChI=1S/C27H34N8/c1-2-3-18-35-25(29-24(32-35)16-13-20-8-5-4-6-9-20)19-21-11-14-22(15-12-21)26-23(10-7-17-28-26)27-30-33-34-31-27/h7,10-12,14-15,17,20H,2-6,8-9,13,16,18-19H2,1H3,(H,30,31,33,34). The Balaban J connectivity index is 1.31. The number of nitrogens with one attached hydrogen (secondary N) is 1. The Morgan fingerprint density at radius 1 is 1.06 bits per heavy atom. The summed E-state index contributed by atoms with van der Waals surface area (Å²) < 4.78 is 2.14. The monoisotopic (exact) mass is 470 g/mol. The first-order valence-electron chi connectivity index (χ1n) is 13.0. The smallest absolute Gasteiger partial charge is 0.206 e. The fraction of sp³-hybridized carbons (Fsp3) is 0.481. The quantitative estimate of drug-likeness (QED) is 0.332. The van der Waals surface area contributed by atoms with Crippen molar-refractivity contribution in [3.05, 3.63) is 59.8 Å². The van der Waals surface area contributed by atoms with Crippen LogP contribution in [-0.4, -0.2) is 40.4 Å². The molecule has 182 valence electrons. The minimum atomic E-state index is 0.543. The van der Waals surface area contributed by atoms with Crippen LogP contribution in [0.25, 0.3) is 22.6 Å². The second kappa shape index (κ2) is 11.3. The molecule has 0 spiro atoms. The maximum Gasteiger partial charge on any atom is 0.206 e. The summed E-state index contributed by atoms with van der Waals surface area (Å²) in [5.74, 6) is 3.47. The average Bonchev–Trinajstić information content (AvgIpc) is 3.58. The Morgan fingerprint density at radius 3 is 2.69 bits per heavy atom. The lowest BCUT2D eigenvalue weighted by atomic mass is 9.86. The minimum Gasteiger partial charge on any atom is -0.255 e. The Morgan fingerprint density at radius 2 is 1.91 bits per heavy atom. The molecule has 0 aliphatic heterocycles. The maximum atomic E-state index is 4.98. The van der Waals surface area contributed by atoms with Gasteiger partial charge in [0.2, 0.25) is 5.82 Å². The minimum absolute atomic E-state index is 0.543. The molecule has 1 fully saturated rings. The zero-order valence-electron chi connectivity index (χ0n) is 20.5. The fourth-order valence-corrected chi connectivity index (χ4v) is 5.01. The van der Waals surface area contributed by atoms with E-state index in [4.69, 9.17) is 10.1 Å². The summed E-state index contributed by atoms with van der Waals surface area (Å²) in [4.78, 5) is 9.56. The summed E-state index contributed by atoms with van der Waals surface area (Å²) in [5, 5.41) is 19.4. The molecule has 5 rings (SSSR count). The molecule has 0 amide bonds. The number of aromatic nitrogens is 8. The van der Waals surface area contributed by atoms with Crippen molar-refractivity contribution in [2.45, 2.75) is 77.7 Å². The van der Waals surface area contributed by atoms with Gasteiger partial charge in [0.1, 0.15) is 5.82 Å². The van der Waals surface area contributed by atoms with Crippen LogP contribution in [0.1, 0.15) is 75.5 Å². The van der Waals surface area contributed by atoms with E-state index in [0.29, 0.717) is 5.82 Å². The summed E-state index contributed by atoms with van der Waals surface area (Å²) in [7, 11) is 0. The first-order chi connectivity index (χ1) is 17.3. The van der Waals surface area contributed by atoms with Gasteiger partial charge in [-0.2, -0.15) is 10.3 Å². The molecule has 1 aliphatic rings. The second-order valence-electron chi connectivity index (χ2n) is 9.57. The number of hydrogen-bond acceptors (Lipinski definition) is 6. The Labute approximate surface area is 206 Å². The van der Waals surface area contributed by atoms with E-state index in [9.17, 15) is 0 Å². The molecule has 1 saturated carbocycles. The van der Waals surface area contributed by atoms with E-state index in [1.54, 1.807) is 6.20 Å². The van der Waals surface area contributed by atoms with Crippen LogP contribution >= 0.6 is 0 Å². The van der Waals surface area contributed by atoms with Gasteiger partial charge in [-0.3, -0.25) is 4.98 Å². The van der Waals surface area contributed by atoms with Gasteiger partial charge in [-0.15, -0.1) is 10.2 Å². The highest BCUT2D eigenvalue weighted by atomic mass is 15.5. The number of H-pyrrole nitrogens is 1. The average molecular weight is 471 g/mol. The summed E-state index contributed by atoms with van der Waals surface area (Å²) in [5.41, 5.74) is 3.94. The third-order valence-corrected chi connectivity index (χ3v) is 7.00. The van der Waals surface area contributed by atoms with Crippen LogP contribution in [0.2, 0.25) is 0 Å². The van der Waals surface area contributed by atoms with Crippen molar-refractivity contribution in [2.75, 3.05) is 0 Å². The maximum absolute atomic E-state index is 4.98. The molecular weight excluding hydrogens is 436 g/mol. The van der Waals surface area contributed by atoms with Crippen molar-refractivity contribution in [3.63, 3.8) is 0 Å². The predicted molar refractivity (Wildman–Crippen MR) is 135 cm³/mol. The molecule has 0 atom stereocenters. The zero-order valence-corrected chi connectivity index (χ0v) is 20.5. The number of hydrogen-bond donors (Lipinski definition) is 1. The topological polar surface area (TPSA) is 98.1 Å². The van der Waals surface area contributed by atoms with Crippen molar-refractivity contribution in [1.82, 2.24) is 40.4 Å². The normalized spacial score (nSPS) is 14.4. The van der Waals surface area contributed by atoms with Gasteiger partial charge in [0.15, 0.2) is 5.82 Å². The summed E-state index contributed by atoms with van der Waals surface area (Å²) >= 11 is 0. The van der Waals surface area contributed by atoms with E-state index >= 15 is 0 Å². The Kier molecular flexibility index (Phi) is 7.56. The summed E-state index contributed by atoms with van der Waals surface area (Å²) in [6.07, 6.45) is 14.0. The molecule has 1 N–H and O–H groups in total. The van der Waals surface area contributed by atoms with E-state index in [-0.39, 0.29) is 0 Å². The highest BCUT2D eigenvalue weighted by molar-refractivity contribution is 5.76. The molecule has 0 radical (unpaired) electrons. The SMILES string of the molecule is CCCCn1nc(CCC2CCCCC2)nc1Cc1ccc(-c2ncccc2-c2nn[nH]n2)cc1. The summed E-state index contributed by atoms with van der Waals surface area (Å²) in [6.45, 7) is 3.15. The molecule has 8 nitrogen and oxygen atoms in total. The number of pyridine rings is 1. The molecule has 35 heavy (non-hydrogen) atoms. The first-order valence-corrected chi connectivity index (χ1v) is 13.0. The van der Waals surface area contributed by atoms with Crippen LogP contribution < -0.4 is 0 Å². The van der Waals surface area contributed by atoms with Crippen molar-refractivity contribution < 1.29 is 0 Å². The lowest BCUT2D eigenvalue weighted by molar-refractivity contribution is 0.337. The number of aromatic amines is 1. The van der Waals surface area contributed by atoms with Crippen molar-refractivity contribution in [1.29, 1.82) is 0 Å². The molecule has 3 aromatic heterocycles. The van der Waals surface area contributed by atoms with Gasteiger partial charge in [0.05, 0.1) is 5.69 Å². The van der Waals surface area contributed by atoms with Gasteiger partial charge in [-0.05, 0) is 41.7 Å². The second-order valence-corrected chi connectivity index (χ2v) is 9.57. The molecule has 1 aromatic carbocycles. The summed E-state index contributed by atoms with van der Waals surface area (Å²) in [6, 6.07) is 12.4. The van der Waals surface area contributed by atoms with Gasteiger partial charge >= 0.3 is 0 Å². The highest BCUT2D eigenvalue weighted by Crippen LogP contribution is 2.29. The lowest BCUT2D eigenvalue weighted by Gasteiger charge is -2.20. The number of unbranched alkanes of at least 4 members (excludes halogenated alkanes) is 1.